The van der Waals surface area contributed by atoms with Gasteiger partial charge in [-0.15, -0.1) is 0 Å². The quantitative estimate of drug-likeness (QED) is 0.885. The predicted molar refractivity (Wildman–Crippen MR) is 73.4 cm³/mol. The van der Waals surface area contributed by atoms with Gasteiger partial charge in [-0.05, 0) is 51.4 Å². The zero-order valence-electron chi connectivity index (χ0n) is 11.5. The van der Waals surface area contributed by atoms with Gasteiger partial charge in [0.05, 0.1) is 6.04 Å². The Balaban J connectivity index is 1.95. The lowest BCUT2D eigenvalue weighted by atomic mass is 10.1. The Morgan fingerprint density at radius 3 is 2.89 bits per heavy atom. The van der Waals surface area contributed by atoms with Crippen LogP contribution in [-0.2, 0) is 11.3 Å². The average molecular weight is 246 g/mol. The number of nitrogens with zero attached hydrogens (tertiary/aromatic N) is 1. The van der Waals surface area contributed by atoms with E-state index in [-0.39, 0.29) is 11.9 Å². The number of hydrogen-bond donors (Lipinski definition) is 1. The van der Waals surface area contributed by atoms with E-state index in [4.69, 9.17) is 0 Å². The van der Waals surface area contributed by atoms with E-state index in [1.54, 1.807) is 0 Å². The van der Waals surface area contributed by atoms with Crippen LogP contribution in [0.3, 0.4) is 0 Å². The monoisotopic (exact) mass is 246 g/mol. The van der Waals surface area contributed by atoms with E-state index in [1.165, 1.54) is 16.7 Å². The molecule has 1 atom stereocenters. The Bertz CT molecular complexity index is 442. The van der Waals surface area contributed by atoms with Crippen molar-refractivity contribution in [3.8, 4) is 0 Å². The van der Waals surface area contributed by atoms with Gasteiger partial charge in [-0.3, -0.25) is 9.69 Å². The first-order valence-corrected chi connectivity index (χ1v) is 6.62. The molecule has 0 bridgehead atoms. The number of rotatable bonds is 3. The average Bonchev–Trinajstić information content (AvgIpc) is 2.76. The van der Waals surface area contributed by atoms with E-state index >= 15 is 0 Å². The number of likely N-dealkylation sites (N-methyl/N-ethyl adjacent to an activating group) is 1. The van der Waals surface area contributed by atoms with Crippen LogP contribution in [0.5, 0.6) is 0 Å². The lowest BCUT2D eigenvalue weighted by Gasteiger charge is -2.19. The Kier molecular flexibility index (Phi) is 4.02. The van der Waals surface area contributed by atoms with Crippen LogP contribution >= 0.6 is 0 Å². The van der Waals surface area contributed by atoms with Crippen LogP contribution in [-0.4, -0.2) is 30.4 Å². The number of amides is 1. The third-order valence-electron chi connectivity index (χ3n) is 3.78. The first-order valence-electron chi connectivity index (χ1n) is 6.62. The highest BCUT2D eigenvalue weighted by Gasteiger charge is 2.27. The maximum Gasteiger partial charge on any atom is 0.237 e. The van der Waals surface area contributed by atoms with Crippen molar-refractivity contribution in [3.05, 3.63) is 34.9 Å². The fourth-order valence-corrected chi connectivity index (χ4v) is 2.53. The molecule has 0 aliphatic carbocycles. The smallest absolute Gasteiger partial charge is 0.237 e. The minimum atomic E-state index is 0.0649. The van der Waals surface area contributed by atoms with Gasteiger partial charge in [-0.25, -0.2) is 0 Å². The van der Waals surface area contributed by atoms with Crippen molar-refractivity contribution in [1.29, 1.82) is 0 Å². The van der Waals surface area contributed by atoms with Crippen LogP contribution in [0.25, 0.3) is 0 Å². The number of aryl methyl sites for hydroxylation is 2. The van der Waals surface area contributed by atoms with E-state index in [9.17, 15) is 4.79 Å². The number of benzene rings is 1. The van der Waals surface area contributed by atoms with Crippen molar-refractivity contribution in [1.82, 2.24) is 10.2 Å². The third-order valence-corrected chi connectivity index (χ3v) is 3.78. The molecule has 1 N–H and O–H groups in total. The highest BCUT2D eigenvalue weighted by atomic mass is 16.2. The third kappa shape index (κ3) is 2.91. The standard InChI is InChI=1S/C15H22N2O/c1-11-6-7-12(2)13(9-11)10-16-15(18)14-5-4-8-17(14)3/h6-7,9,14H,4-5,8,10H2,1-3H3,(H,16,18)/t14-/m0/s1. The molecule has 1 heterocycles. The van der Waals surface area contributed by atoms with Crippen molar-refractivity contribution in [2.24, 2.45) is 0 Å². The first kappa shape index (κ1) is 13.1. The molecule has 2 rings (SSSR count). The van der Waals surface area contributed by atoms with E-state index in [0.29, 0.717) is 6.54 Å². The summed E-state index contributed by atoms with van der Waals surface area (Å²) in [5.74, 6) is 0.163. The molecule has 1 saturated heterocycles. The number of carbonyl (C=O) groups is 1. The van der Waals surface area contributed by atoms with Gasteiger partial charge in [0.2, 0.25) is 5.91 Å². The summed E-state index contributed by atoms with van der Waals surface area (Å²) < 4.78 is 0. The second-order valence-electron chi connectivity index (χ2n) is 5.29. The topological polar surface area (TPSA) is 32.3 Å². The summed E-state index contributed by atoms with van der Waals surface area (Å²) in [7, 11) is 2.02. The normalized spacial score (nSPS) is 20.1. The Morgan fingerprint density at radius 2 is 2.22 bits per heavy atom. The molecule has 1 amide bonds. The van der Waals surface area contributed by atoms with Gasteiger partial charge in [0.15, 0.2) is 0 Å². The SMILES string of the molecule is Cc1ccc(C)c(CNC(=O)[C@@H]2CCCN2C)c1. The lowest BCUT2D eigenvalue weighted by Crippen LogP contribution is -2.41. The molecule has 0 saturated carbocycles. The van der Waals surface area contributed by atoms with Crippen LogP contribution in [0.4, 0.5) is 0 Å². The van der Waals surface area contributed by atoms with Gasteiger partial charge >= 0.3 is 0 Å². The maximum absolute atomic E-state index is 12.1. The van der Waals surface area contributed by atoms with Crippen LogP contribution < -0.4 is 5.32 Å². The fourth-order valence-electron chi connectivity index (χ4n) is 2.53. The van der Waals surface area contributed by atoms with Crippen LogP contribution in [0.1, 0.15) is 29.5 Å². The highest BCUT2D eigenvalue weighted by Crippen LogP contribution is 2.15. The molecule has 0 spiro atoms. The fraction of sp³-hybridized carbons (Fsp3) is 0.533. The van der Waals surface area contributed by atoms with Crippen molar-refractivity contribution in [3.63, 3.8) is 0 Å². The molecule has 0 radical (unpaired) electrons. The summed E-state index contributed by atoms with van der Waals surface area (Å²) in [4.78, 5) is 14.2. The molecular formula is C15H22N2O. The van der Waals surface area contributed by atoms with Crippen LogP contribution in [0.15, 0.2) is 18.2 Å². The van der Waals surface area contributed by atoms with Gasteiger partial charge in [0.1, 0.15) is 0 Å². The van der Waals surface area contributed by atoms with Gasteiger partial charge < -0.3 is 5.32 Å². The van der Waals surface area contributed by atoms with Crippen LogP contribution in [0, 0.1) is 13.8 Å². The molecule has 0 aromatic heterocycles. The molecule has 1 fully saturated rings. The first-order chi connectivity index (χ1) is 8.58. The molecule has 1 aromatic rings. The zero-order valence-corrected chi connectivity index (χ0v) is 11.5. The minimum Gasteiger partial charge on any atom is -0.351 e. The second kappa shape index (κ2) is 5.53. The van der Waals surface area contributed by atoms with Gasteiger partial charge in [0.25, 0.3) is 0 Å². The number of hydrogen-bond acceptors (Lipinski definition) is 2. The van der Waals surface area contributed by atoms with Gasteiger partial charge in [-0.1, -0.05) is 23.8 Å². The molecule has 3 heteroatoms. The van der Waals surface area contributed by atoms with E-state index < -0.39 is 0 Å². The Labute approximate surface area is 109 Å². The summed E-state index contributed by atoms with van der Waals surface area (Å²) in [5, 5.41) is 3.06. The number of likely N-dealkylation sites (tertiary alicyclic amines) is 1. The second-order valence-corrected chi connectivity index (χ2v) is 5.29. The molecular weight excluding hydrogens is 224 g/mol. The number of nitrogens with one attached hydrogen (secondary N) is 1. The maximum atomic E-state index is 12.1. The summed E-state index contributed by atoms with van der Waals surface area (Å²) >= 11 is 0. The summed E-state index contributed by atoms with van der Waals surface area (Å²) in [6.07, 6.45) is 2.10. The molecule has 98 valence electrons. The van der Waals surface area contributed by atoms with Gasteiger partial charge in [0, 0.05) is 6.54 Å². The molecule has 1 aliphatic rings. The lowest BCUT2D eigenvalue weighted by molar-refractivity contribution is -0.125. The largest absolute Gasteiger partial charge is 0.351 e. The highest BCUT2D eigenvalue weighted by molar-refractivity contribution is 5.82. The molecule has 18 heavy (non-hydrogen) atoms. The van der Waals surface area contributed by atoms with E-state index in [2.05, 4.69) is 42.3 Å². The number of carbonyl (C=O) groups excluding carboxylic acids is 1. The van der Waals surface area contributed by atoms with Crippen molar-refractivity contribution < 1.29 is 4.79 Å². The summed E-state index contributed by atoms with van der Waals surface area (Å²) in [5.41, 5.74) is 3.69. The zero-order chi connectivity index (χ0) is 13.1. The molecule has 3 nitrogen and oxygen atoms in total. The summed E-state index contributed by atoms with van der Waals surface area (Å²) in [6, 6.07) is 6.42. The van der Waals surface area contributed by atoms with Crippen LogP contribution in [0.2, 0.25) is 0 Å². The van der Waals surface area contributed by atoms with E-state index in [1.807, 2.05) is 7.05 Å². The predicted octanol–water partition coefficient (Wildman–Crippen LogP) is 2.01. The molecule has 1 aromatic carbocycles. The van der Waals surface area contributed by atoms with Crippen molar-refractivity contribution >= 4 is 5.91 Å². The molecule has 0 unspecified atom stereocenters. The molecule has 1 aliphatic heterocycles. The summed E-state index contributed by atoms with van der Waals surface area (Å²) in [6.45, 7) is 5.83. The van der Waals surface area contributed by atoms with E-state index in [0.717, 1.165) is 19.4 Å². The van der Waals surface area contributed by atoms with Gasteiger partial charge in [-0.2, -0.15) is 0 Å². The van der Waals surface area contributed by atoms with Crippen molar-refractivity contribution in [2.45, 2.75) is 39.3 Å². The Hall–Kier alpha value is -1.35. The van der Waals surface area contributed by atoms with Crippen molar-refractivity contribution in [2.75, 3.05) is 13.6 Å². The minimum absolute atomic E-state index is 0.0649. The Morgan fingerprint density at radius 1 is 1.44 bits per heavy atom.